The number of hydrogen-bond acceptors (Lipinski definition) is 2. The molecule has 0 aromatic heterocycles. The summed E-state index contributed by atoms with van der Waals surface area (Å²) in [6.07, 6.45) is 2.65. The van der Waals surface area contributed by atoms with Crippen molar-refractivity contribution in [3.05, 3.63) is 0 Å². The summed E-state index contributed by atoms with van der Waals surface area (Å²) in [6, 6.07) is 0. The van der Waals surface area contributed by atoms with Crippen LogP contribution in [0.4, 0.5) is 0 Å². The van der Waals surface area contributed by atoms with E-state index in [1.165, 1.54) is 0 Å². The number of hydrogen-bond donors (Lipinski definition) is 1. The lowest BCUT2D eigenvalue weighted by molar-refractivity contribution is -0.132. The molecule has 0 bridgehead atoms. The van der Waals surface area contributed by atoms with Crippen molar-refractivity contribution in [2.45, 2.75) is 53.9 Å². The van der Waals surface area contributed by atoms with E-state index in [2.05, 4.69) is 27.7 Å². The number of carbonyl (C=O) groups excluding carboxylic acids is 1. The van der Waals surface area contributed by atoms with Crippen molar-refractivity contribution in [3.63, 3.8) is 0 Å². The van der Waals surface area contributed by atoms with Crippen molar-refractivity contribution in [2.75, 3.05) is 19.6 Å². The monoisotopic (exact) mass is 242 g/mol. The molecule has 0 radical (unpaired) electrons. The Hall–Kier alpha value is -0.570. The van der Waals surface area contributed by atoms with Crippen LogP contribution in [0, 0.1) is 11.3 Å². The zero-order valence-corrected chi connectivity index (χ0v) is 12.3. The number of nitrogens with zero attached hydrogens (tertiary/aromatic N) is 1. The molecule has 0 aromatic carbocycles. The van der Waals surface area contributed by atoms with Crippen LogP contribution in [0.5, 0.6) is 0 Å². The first kappa shape index (κ1) is 16.4. The molecule has 0 saturated carbocycles. The van der Waals surface area contributed by atoms with Gasteiger partial charge >= 0.3 is 0 Å². The minimum absolute atomic E-state index is 0.276. The zero-order valence-electron chi connectivity index (χ0n) is 12.3. The van der Waals surface area contributed by atoms with Gasteiger partial charge in [0.15, 0.2) is 0 Å². The average molecular weight is 242 g/mol. The molecule has 0 spiro atoms. The molecule has 0 saturated heterocycles. The Morgan fingerprint density at radius 1 is 1.35 bits per heavy atom. The molecule has 0 fully saturated rings. The Morgan fingerprint density at radius 2 is 1.94 bits per heavy atom. The highest BCUT2D eigenvalue weighted by atomic mass is 16.2. The first-order chi connectivity index (χ1) is 7.80. The zero-order chi connectivity index (χ0) is 13.5. The van der Waals surface area contributed by atoms with Crippen LogP contribution in [-0.4, -0.2) is 30.4 Å². The third-order valence-electron chi connectivity index (χ3n) is 2.85. The van der Waals surface area contributed by atoms with Gasteiger partial charge in [0.25, 0.3) is 0 Å². The molecule has 3 nitrogen and oxygen atoms in total. The second-order valence-corrected chi connectivity index (χ2v) is 6.19. The summed E-state index contributed by atoms with van der Waals surface area (Å²) in [7, 11) is 0. The van der Waals surface area contributed by atoms with Crippen LogP contribution in [0.2, 0.25) is 0 Å². The van der Waals surface area contributed by atoms with E-state index in [0.717, 1.165) is 25.9 Å². The SMILES string of the molecule is CCN(CCCN)C(=O)CC(C)CC(C)(C)C. The Balaban J connectivity index is 4.12. The molecule has 3 heteroatoms. The lowest BCUT2D eigenvalue weighted by Crippen LogP contribution is -2.34. The van der Waals surface area contributed by atoms with Crippen molar-refractivity contribution in [3.8, 4) is 0 Å². The topological polar surface area (TPSA) is 46.3 Å². The molecule has 1 unspecified atom stereocenters. The summed E-state index contributed by atoms with van der Waals surface area (Å²) in [5.74, 6) is 0.729. The van der Waals surface area contributed by atoms with Gasteiger partial charge in [0, 0.05) is 19.5 Å². The van der Waals surface area contributed by atoms with Gasteiger partial charge in [0.2, 0.25) is 5.91 Å². The van der Waals surface area contributed by atoms with Crippen molar-refractivity contribution in [1.82, 2.24) is 4.90 Å². The van der Waals surface area contributed by atoms with Crippen LogP contribution in [0.1, 0.15) is 53.9 Å². The molecule has 0 heterocycles. The quantitative estimate of drug-likeness (QED) is 0.746. The van der Waals surface area contributed by atoms with Crippen LogP contribution in [0.15, 0.2) is 0 Å². The molecule has 1 amide bonds. The van der Waals surface area contributed by atoms with E-state index >= 15 is 0 Å². The molecule has 2 N–H and O–H groups in total. The standard InChI is InChI=1S/C14H30N2O/c1-6-16(9-7-8-15)13(17)10-12(2)11-14(3,4)5/h12H,6-11,15H2,1-5H3. The Bertz CT molecular complexity index is 221. The van der Waals surface area contributed by atoms with Gasteiger partial charge in [-0.15, -0.1) is 0 Å². The van der Waals surface area contributed by atoms with Gasteiger partial charge in [0.05, 0.1) is 0 Å². The maximum absolute atomic E-state index is 12.1. The van der Waals surface area contributed by atoms with Crippen LogP contribution < -0.4 is 5.73 Å². The van der Waals surface area contributed by atoms with Crippen molar-refractivity contribution >= 4 is 5.91 Å². The van der Waals surface area contributed by atoms with Crippen molar-refractivity contribution < 1.29 is 4.79 Å². The normalized spacial score (nSPS) is 13.5. The highest BCUT2D eigenvalue weighted by molar-refractivity contribution is 5.76. The van der Waals surface area contributed by atoms with Gasteiger partial charge in [0.1, 0.15) is 0 Å². The van der Waals surface area contributed by atoms with E-state index in [4.69, 9.17) is 5.73 Å². The van der Waals surface area contributed by atoms with Crippen molar-refractivity contribution in [2.24, 2.45) is 17.1 Å². The molecule has 0 aliphatic rings. The molecule has 0 aromatic rings. The van der Waals surface area contributed by atoms with Gasteiger partial charge < -0.3 is 10.6 Å². The van der Waals surface area contributed by atoms with Crippen LogP contribution in [0.25, 0.3) is 0 Å². The lowest BCUT2D eigenvalue weighted by atomic mass is 9.84. The summed E-state index contributed by atoms with van der Waals surface area (Å²) >= 11 is 0. The predicted molar refractivity (Wildman–Crippen MR) is 73.8 cm³/mol. The van der Waals surface area contributed by atoms with E-state index in [9.17, 15) is 4.79 Å². The third-order valence-corrected chi connectivity index (χ3v) is 2.85. The van der Waals surface area contributed by atoms with Gasteiger partial charge in [-0.2, -0.15) is 0 Å². The summed E-state index contributed by atoms with van der Waals surface area (Å²) in [5, 5.41) is 0. The Morgan fingerprint density at radius 3 is 2.35 bits per heavy atom. The van der Waals surface area contributed by atoms with E-state index in [1.54, 1.807) is 0 Å². The summed E-state index contributed by atoms with van der Waals surface area (Å²) < 4.78 is 0. The van der Waals surface area contributed by atoms with Crippen molar-refractivity contribution in [1.29, 1.82) is 0 Å². The lowest BCUT2D eigenvalue weighted by Gasteiger charge is -2.26. The highest BCUT2D eigenvalue weighted by Crippen LogP contribution is 2.26. The molecule has 0 rings (SSSR count). The van der Waals surface area contributed by atoms with Crippen LogP contribution in [0.3, 0.4) is 0 Å². The largest absolute Gasteiger partial charge is 0.343 e. The molecule has 1 atom stereocenters. The van der Waals surface area contributed by atoms with Gasteiger partial charge in [-0.05, 0) is 37.6 Å². The number of rotatable bonds is 7. The highest BCUT2D eigenvalue weighted by Gasteiger charge is 2.20. The summed E-state index contributed by atoms with van der Waals surface area (Å²) in [6.45, 7) is 13.1. The first-order valence-corrected chi connectivity index (χ1v) is 6.78. The summed E-state index contributed by atoms with van der Waals surface area (Å²) in [5.41, 5.74) is 5.78. The first-order valence-electron chi connectivity index (χ1n) is 6.78. The molecule has 0 aliphatic carbocycles. The fourth-order valence-electron chi connectivity index (χ4n) is 2.29. The minimum Gasteiger partial charge on any atom is -0.343 e. The average Bonchev–Trinajstić information content (AvgIpc) is 2.15. The number of amides is 1. The number of nitrogens with two attached hydrogens (primary N) is 1. The van der Waals surface area contributed by atoms with Gasteiger partial charge in [-0.1, -0.05) is 27.7 Å². The Kier molecular flexibility index (Phi) is 7.44. The predicted octanol–water partition coefficient (Wildman–Crippen LogP) is 2.65. The number of carbonyl (C=O) groups is 1. The smallest absolute Gasteiger partial charge is 0.222 e. The fourth-order valence-corrected chi connectivity index (χ4v) is 2.29. The Labute approximate surface area is 107 Å². The van der Waals surface area contributed by atoms with E-state index in [0.29, 0.717) is 24.3 Å². The second kappa shape index (κ2) is 7.70. The second-order valence-electron chi connectivity index (χ2n) is 6.19. The fraction of sp³-hybridized carbons (Fsp3) is 0.929. The molecule has 102 valence electrons. The van der Waals surface area contributed by atoms with Gasteiger partial charge in [-0.3, -0.25) is 4.79 Å². The third kappa shape index (κ3) is 8.19. The minimum atomic E-state index is 0.276. The molecule has 17 heavy (non-hydrogen) atoms. The van der Waals surface area contributed by atoms with Crippen LogP contribution >= 0.6 is 0 Å². The maximum Gasteiger partial charge on any atom is 0.222 e. The molecular formula is C14H30N2O. The van der Waals surface area contributed by atoms with E-state index in [1.807, 2.05) is 11.8 Å². The molecule has 0 aliphatic heterocycles. The van der Waals surface area contributed by atoms with E-state index in [-0.39, 0.29) is 5.91 Å². The van der Waals surface area contributed by atoms with E-state index < -0.39 is 0 Å². The summed E-state index contributed by atoms with van der Waals surface area (Å²) in [4.78, 5) is 14.0. The van der Waals surface area contributed by atoms with Crippen LogP contribution in [-0.2, 0) is 4.79 Å². The van der Waals surface area contributed by atoms with Gasteiger partial charge in [-0.25, -0.2) is 0 Å². The molecular weight excluding hydrogens is 212 g/mol. The maximum atomic E-state index is 12.1.